The van der Waals surface area contributed by atoms with Crippen molar-refractivity contribution >= 4 is 29.1 Å². The Hall–Kier alpha value is -3.54. The number of aryl methyl sites for hydroxylation is 1. The largest absolute Gasteiger partial charge is 0.495 e. The number of aliphatic hydroxyl groups is 2. The molecule has 0 aliphatic carbocycles. The summed E-state index contributed by atoms with van der Waals surface area (Å²) in [6, 6.07) is 10.7. The zero-order valence-electron chi connectivity index (χ0n) is 23.1. The summed E-state index contributed by atoms with van der Waals surface area (Å²) in [5.41, 5.74) is -2.40. The number of halogens is 3. The number of hydrogen-bond acceptors (Lipinski definition) is 7. The molecule has 4 aromatic rings. The van der Waals surface area contributed by atoms with Gasteiger partial charge in [-0.3, -0.25) is 14.7 Å². The Bertz CT molecular complexity index is 1630. The number of pyridine rings is 1. The van der Waals surface area contributed by atoms with E-state index in [1.54, 1.807) is 55.1 Å². The van der Waals surface area contributed by atoms with Crippen molar-refractivity contribution in [1.82, 2.24) is 19.4 Å². The SMILES string of the molecule is CCC(O)(c1cc(F)c2c(c1)C(=O)N(Cc1ncc(Cl)cc1OC)[C@@]2(OCCO)c1ccc(Cl)cc1)c1cn(C)cn1. The van der Waals surface area contributed by atoms with Crippen LogP contribution in [0.3, 0.4) is 0 Å². The van der Waals surface area contributed by atoms with E-state index in [0.717, 1.165) is 0 Å². The van der Waals surface area contributed by atoms with Crippen molar-refractivity contribution in [3.8, 4) is 5.75 Å². The Kier molecular flexibility index (Phi) is 8.28. The van der Waals surface area contributed by atoms with Crippen molar-refractivity contribution in [2.75, 3.05) is 20.3 Å². The molecule has 0 bridgehead atoms. The van der Waals surface area contributed by atoms with Crippen LogP contribution in [0.5, 0.6) is 5.75 Å². The average molecular weight is 615 g/mol. The van der Waals surface area contributed by atoms with Gasteiger partial charge >= 0.3 is 0 Å². The van der Waals surface area contributed by atoms with Crippen LogP contribution in [0.1, 0.15) is 51.8 Å². The Morgan fingerprint density at radius 2 is 1.86 bits per heavy atom. The van der Waals surface area contributed by atoms with E-state index in [1.165, 1.54) is 36.7 Å². The van der Waals surface area contributed by atoms with E-state index in [4.69, 9.17) is 32.7 Å². The van der Waals surface area contributed by atoms with Gasteiger partial charge in [0, 0.05) is 36.1 Å². The molecule has 1 aliphatic rings. The molecule has 42 heavy (non-hydrogen) atoms. The topological polar surface area (TPSA) is 110 Å². The fourth-order valence-corrected chi connectivity index (χ4v) is 5.70. The van der Waals surface area contributed by atoms with Gasteiger partial charge in [-0.1, -0.05) is 42.3 Å². The lowest BCUT2D eigenvalue weighted by atomic mass is 9.84. The maximum Gasteiger partial charge on any atom is 0.257 e. The monoisotopic (exact) mass is 614 g/mol. The van der Waals surface area contributed by atoms with Gasteiger partial charge < -0.3 is 24.3 Å². The van der Waals surface area contributed by atoms with E-state index >= 15 is 4.39 Å². The molecule has 220 valence electrons. The van der Waals surface area contributed by atoms with E-state index in [9.17, 15) is 15.0 Å². The summed E-state index contributed by atoms with van der Waals surface area (Å²) in [7, 11) is 3.20. The zero-order valence-corrected chi connectivity index (χ0v) is 24.7. The molecule has 2 atom stereocenters. The van der Waals surface area contributed by atoms with E-state index < -0.39 is 29.7 Å². The quantitative estimate of drug-likeness (QED) is 0.264. The molecule has 0 saturated carbocycles. The lowest BCUT2D eigenvalue weighted by molar-refractivity contribution is -0.120. The van der Waals surface area contributed by atoms with Crippen molar-refractivity contribution in [2.24, 2.45) is 7.05 Å². The molecule has 1 unspecified atom stereocenters. The summed E-state index contributed by atoms with van der Waals surface area (Å²) in [4.78, 5) is 24.3. The first kappa shape index (κ1) is 29.9. The van der Waals surface area contributed by atoms with Crippen LogP contribution in [0.15, 0.2) is 61.2 Å². The van der Waals surface area contributed by atoms with Crippen LogP contribution >= 0.6 is 23.2 Å². The lowest BCUT2D eigenvalue weighted by Crippen LogP contribution is -2.47. The smallest absolute Gasteiger partial charge is 0.257 e. The molecular weight excluding hydrogens is 586 g/mol. The van der Waals surface area contributed by atoms with E-state index in [2.05, 4.69) is 9.97 Å². The summed E-state index contributed by atoms with van der Waals surface area (Å²) in [6.45, 7) is 0.943. The standard InChI is InChI=1S/C30H29Cl2FN4O5/c1-4-29(40,26-16-36(2)17-35-26)19-11-22-27(23(33)12-19)30(42-10-9-38,18-5-7-20(31)8-6-18)37(28(22)39)15-24-25(41-3)13-21(32)14-34-24/h5-8,11-14,16-17,38,40H,4,9-10,15H2,1-3H3/t29?,30-/m1/s1. The first-order valence-electron chi connectivity index (χ1n) is 13.2. The normalized spacial score (nSPS) is 17.8. The van der Waals surface area contributed by atoms with Gasteiger partial charge in [0.05, 0.1) is 55.0 Å². The van der Waals surface area contributed by atoms with E-state index in [1.807, 2.05) is 0 Å². The van der Waals surface area contributed by atoms with Gasteiger partial charge in [0.15, 0.2) is 5.72 Å². The number of aliphatic hydroxyl groups excluding tert-OH is 1. The minimum Gasteiger partial charge on any atom is -0.495 e. The highest BCUT2D eigenvalue weighted by molar-refractivity contribution is 6.30. The summed E-state index contributed by atoms with van der Waals surface area (Å²) in [5, 5.41) is 22.3. The van der Waals surface area contributed by atoms with Gasteiger partial charge in [-0.25, -0.2) is 9.37 Å². The number of fused-ring (bicyclic) bond motifs is 1. The maximum atomic E-state index is 16.6. The van der Waals surface area contributed by atoms with Crippen molar-refractivity contribution in [3.05, 3.63) is 111 Å². The summed E-state index contributed by atoms with van der Waals surface area (Å²) in [6.07, 6.45) is 4.75. The fourth-order valence-electron chi connectivity index (χ4n) is 5.42. The van der Waals surface area contributed by atoms with Crippen molar-refractivity contribution in [2.45, 2.75) is 31.2 Å². The zero-order chi connectivity index (χ0) is 30.2. The van der Waals surface area contributed by atoms with Crippen molar-refractivity contribution < 1.29 is 28.9 Å². The number of imidazole rings is 1. The molecule has 0 saturated heterocycles. The number of benzene rings is 2. The first-order chi connectivity index (χ1) is 20.1. The number of ether oxygens (including phenoxy) is 2. The molecule has 5 rings (SSSR count). The van der Waals surface area contributed by atoms with Crippen LogP contribution in [0, 0.1) is 5.82 Å². The van der Waals surface area contributed by atoms with Crippen molar-refractivity contribution in [3.63, 3.8) is 0 Å². The van der Waals surface area contributed by atoms with Crippen LogP contribution in [0.2, 0.25) is 10.0 Å². The molecule has 3 heterocycles. The third kappa shape index (κ3) is 4.93. The Morgan fingerprint density at radius 1 is 1.12 bits per heavy atom. The number of aromatic nitrogens is 3. The summed E-state index contributed by atoms with van der Waals surface area (Å²) in [5.74, 6) is -1.06. The summed E-state index contributed by atoms with van der Waals surface area (Å²) >= 11 is 12.3. The lowest BCUT2D eigenvalue weighted by Gasteiger charge is -2.39. The van der Waals surface area contributed by atoms with Crippen LogP contribution < -0.4 is 4.74 Å². The predicted octanol–water partition coefficient (Wildman–Crippen LogP) is 4.78. The number of nitrogens with zero attached hydrogens (tertiary/aromatic N) is 4. The van der Waals surface area contributed by atoms with Gasteiger partial charge in [0.1, 0.15) is 22.9 Å². The van der Waals surface area contributed by atoms with Gasteiger partial charge in [0.2, 0.25) is 0 Å². The predicted molar refractivity (Wildman–Crippen MR) is 154 cm³/mol. The fraction of sp³-hybridized carbons (Fsp3) is 0.300. The Labute approximate surface area is 252 Å². The number of hydrogen-bond donors (Lipinski definition) is 2. The minimum atomic E-state index is -1.83. The third-order valence-electron chi connectivity index (χ3n) is 7.47. The van der Waals surface area contributed by atoms with Crippen LogP contribution in [-0.2, 0) is 29.7 Å². The van der Waals surface area contributed by atoms with Gasteiger partial charge in [0.25, 0.3) is 5.91 Å². The highest BCUT2D eigenvalue weighted by Gasteiger charge is 2.55. The second kappa shape index (κ2) is 11.6. The second-order valence-electron chi connectivity index (χ2n) is 9.94. The maximum absolute atomic E-state index is 16.6. The first-order valence-corrected chi connectivity index (χ1v) is 13.9. The summed E-state index contributed by atoms with van der Waals surface area (Å²) < 4.78 is 30.0. The van der Waals surface area contributed by atoms with E-state index in [0.29, 0.717) is 32.7 Å². The average Bonchev–Trinajstić information content (AvgIpc) is 3.53. The van der Waals surface area contributed by atoms with Gasteiger partial charge in [-0.2, -0.15) is 0 Å². The molecule has 12 heteroatoms. The number of amides is 1. The van der Waals surface area contributed by atoms with E-state index in [-0.39, 0.29) is 36.3 Å². The number of rotatable bonds is 10. The third-order valence-corrected chi connectivity index (χ3v) is 7.92. The molecule has 9 nitrogen and oxygen atoms in total. The molecule has 0 fully saturated rings. The molecule has 2 N–H and O–H groups in total. The van der Waals surface area contributed by atoms with Gasteiger partial charge in [-0.15, -0.1) is 0 Å². The molecule has 2 aromatic carbocycles. The molecule has 0 radical (unpaired) electrons. The number of carbonyl (C=O) groups excluding carboxylic acids is 1. The van der Waals surface area contributed by atoms with Crippen LogP contribution in [0.25, 0.3) is 0 Å². The minimum absolute atomic E-state index is 0.0198. The van der Waals surface area contributed by atoms with Gasteiger partial charge in [-0.05, 0) is 36.2 Å². The molecular formula is C30H29Cl2FN4O5. The van der Waals surface area contributed by atoms with Crippen LogP contribution in [-0.4, -0.2) is 55.9 Å². The number of methoxy groups -OCH3 is 1. The van der Waals surface area contributed by atoms with Crippen molar-refractivity contribution in [1.29, 1.82) is 0 Å². The molecule has 1 aliphatic heterocycles. The highest BCUT2D eigenvalue weighted by atomic mass is 35.5. The molecule has 1 amide bonds. The molecule has 2 aromatic heterocycles. The van der Waals surface area contributed by atoms with Crippen LogP contribution in [0.4, 0.5) is 4.39 Å². The Balaban J connectivity index is 1.77. The second-order valence-corrected chi connectivity index (χ2v) is 10.8. The Morgan fingerprint density at radius 3 is 2.48 bits per heavy atom. The molecule has 0 spiro atoms. The highest BCUT2D eigenvalue weighted by Crippen LogP contribution is 2.49. The number of carbonyl (C=O) groups is 1.